The molecule has 0 bridgehead atoms. The monoisotopic (exact) mass is 243 g/mol. The van der Waals surface area contributed by atoms with Crippen LogP contribution >= 0.6 is 0 Å². The van der Waals surface area contributed by atoms with Crippen molar-refractivity contribution in [3.63, 3.8) is 0 Å². The van der Waals surface area contributed by atoms with Gasteiger partial charge in [-0.05, 0) is 6.92 Å². The second-order valence-corrected chi connectivity index (χ2v) is 3.19. The maximum absolute atomic E-state index is 10.9. The summed E-state index contributed by atoms with van der Waals surface area (Å²) in [4.78, 5) is 14.8. The summed E-state index contributed by atoms with van der Waals surface area (Å²) in [6.07, 6.45) is 2.05. The van der Waals surface area contributed by atoms with Crippen LogP contribution in [0.5, 0.6) is 0 Å². The second-order valence-electron chi connectivity index (χ2n) is 3.19. The SMILES string of the molecule is CCOC(=O)COCCNCCc1ncno1. The number of nitrogens with one attached hydrogen (secondary N) is 1. The Hall–Kier alpha value is -1.47. The molecular weight excluding hydrogens is 226 g/mol. The number of nitrogens with zero attached hydrogens (tertiary/aromatic N) is 2. The summed E-state index contributed by atoms with van der Waals surface area (Å²) in [6, 6.07) is 0. The first-order chi connectivity index (χ1) is 8.33. The molecule has 1 N–H and O–H groups in total. The molecule has 0 aromatic carbocycles. The lowest BCUT2D eigenvalue weighted by atomic mass is 10.4. The largest absolute Gasteiger partial charge is 0.464 e. The van der Waals surface area contributed by atoms with Crippen LogP contribution in [0, 0.1) is 0 Å². The molecule has 96 valence electrons. The maximum Gasteiger partial charge on any atom is 0.332 e. The Morgan fingerprint density at radius 3 is 3.12 bits per heavy atom. The Morgan fingerprint density at radius 2 is 2.41 bits per heavy atom. The summed E-state index contributed by atoms with van der Waals surface area (Å²) in [5.41, 5.74) is 0. The normalized spacial score (nSPS) is 10.4. The third kappa shape index (κ3) is 6.64. The molecule has 0 amide bonds. The number of hydrogen-bond donors (Lipinski definition) is 1. The van der Waals surface area contributed by atoms with Crippen LogP contribution < -0.4 is 5.32 Å². The van der Waals surface area contributed by atoms with Gasteiger partial charge in [0.1, 0.15) is 6.61 Å². The second kappa shape index (κ2) is 8.66. The minimum absolute atomic E-state index is 0.000814. The molecule has 0 aliphatic carbocycles. The molecule has 1 rings (SSSR count). The van der Waals surface area contributed by atoms with Crippen molar-refractivity contribution >= 4 is 5.97 Å². The van der Waals surface area contributed by atoms with Crippen LogP contribution in [0.25, 0.3) is 0 Å². The summed E-state index contributed by atoms with van der Waals surface area (Å²) in [5, 5.41) is 6.62. The highest BCUT2D eigenvalue weighted by molar-refractivity contribution is 5.70. The standard InChI is InChI=1S/C10H17N3O4/c1-2-16-10(14)7-15-6-5-11-4-3-9-12-8-13-17-9/h8,11H,2-7H2,1H3. The molecule has 0 saturated heterocycles. The van der Waals surface area contributed by atoms with Crippen molar-refractivity contribution in [1.29, 1.82) is 0 Å². The Kier molecular flexibility index (Phi) is 6.92. The first-order valence-electron chi connectivity index (χ1n) is 5.52. The topological polar surface area (TPSA) is 86.5 Å². The van der Waals surface area contributed by atoms with E-state index in [0.29, 0.717) is 32.1 Å². The number of carbonyl (C=O) groups excluding carboxylic acids is 1. The van der Waals surface area contributed by atoms with E-state index >= 15 is 0 Å². The van der Waals surface area contributed by atoms with E-state index in [9.17, 15) is 4.79 Å². The van der Waals surface area contributed by atoms with Gasteiger partial charge in [-0.1, -0.05) is 5.16 Å². The number of ether oxygens (including phenoxy) is 2. The fourth-order valence-corrected chi connectivity index (χ4v) is 1.13. The van der Waals surface area contributed by atoms with Gasteiger partial charge < -0.3 is 19.3 Å². The maximum atomic E-state index is 10.9. The van der Waals surface area contributed by atoms with E-state index in [0.717, 1.165) is 6.54 Å². The number of aromatic nitrogens is 2. The molecule has 0 atom stereocenters. The van der Waals surface area contributed by atoms with Crippen molar-refractivity contribution in [2.45, 2.75) is 13.3 Å². The number of hydrogen-bond acceptors (Lipinski definition) is 7. The minimum atomic E-state index is -0.335. The van der Waals surface area contributed by atoms with Crippen LogP contribution in [-0.4, -0.2) is 49.0 Å². The summed E-state index contributed by atoms with van der Waals surface area (Å²) in [6.45, 7) is 3.99. The molecule has 1 aromatic rings. The van der Waals surface area contributed by atoms with Gasteiger partial charge in [-0.25, -0.2) is 4.79 Å². The van der Waals surface area contributed by atoms with Crippen molar-refractivity contribution in [3.8, 4) is 0 Å². The molecule has 0 saturated carbocycles. The Morgan fingerprint density at radius 1 is 1.53 bits per heavy atom. The third-order valence-corrected chi connectivity index (χ3v) is 1.87. The quantitative estimate of drug-likeness (QED) is 0.474. The van der Waals surface area contributed by atoms with E-state index in [1.165, 1.54) is 6.33 Å². The summed E-state index contributed by atoms with van der Waals surface area (Å²) in [7, 11) is 0. The Balaban J connectivity index is 1.86. The van der Waals surface area contributed by atoms with Crippen LogP contribution in [-0.2, 0) is 20.7 Å². The van der Waals surface area contributed by atoms with Crippen LogP contribution in [0.4, 0.5) is 0 Å². The molecule has 1 heterocycles. The number of rotatable bonds is 9. The van der Waals surface area contributed by atoms with Gasteiger partial charge in [0.25, 0.3) is 0 Å². The fourth-order valence-electron chi connectivity index (χ4n) is 1.13. The molecule has 0 aliphatic rings. The van der Waals surface area contributed by atoms with Gasteiger partial charge >= 0.3 is 5.97 Å². The zero-order valence-electron chi connectivity index (χ0n) is 9.85. The predicted molar refractivity (Wildman–Crippen MR) is 58.3 cm³/mol. The fraction of sp³-hybridized carbons (Fsp3) is 0.700. The van der Waals surface area contributed by atoms with Gasteiger partial charge in [-0.3, -0.25) is 0 Å². The molecule has 7 heteroatoms. The van der Waals surface area contributed by atoms with E-state index < -0.39 is 0 Å². The zero-order chi connectivity index (χ0) is 12.3. The van der Waals surface area contributed by atoms with Gasteiger partial charge in [0.15, 0.2) is 6.33 Å². The highest BCUT2D eigenvalue weighted by Crippen LogP contribution is 1.90. The molecule has 0 unspecified atom stereocenters. The van der Waals surface area contributed by atoms with Crippen molar-refractivity contribution < 1.29 is 18.8 Å². The van der Waals surface area contributed by atoms with E-state index in [1.54, 1.807) is 6.92 Å². The first-order valence-corrected chi connectivity index (χ1v) is 5.52. The van der Waals surface area contributed by atoms with Crippen molar-refractivity contribution in [2.75, 3.05) is 32.9 Å². The Bertz CT molecular complexity index is 303. The lowest BCUT2D eigenvalue weighted by molar-refractivity contribution is -0.148. The molecule has 7 nitrogen and oxygen atoms in total. The van der Waals surface area contributed by atoms with E-state index in [1.807, 2.05) is 0 Å². The highest BCUT2D eigenvalue weighted by Gasteiger charge is 2.01. The summed E-state index contributed by atoms with van der Waals surface area (Å²) in [5.74, 6) is 0.267. The van der Waals surface area contributed by atoms with Gasteiger partial charge in [-0.2, -0.15) is 4.98 Å². The lowest BCUT2D eigenvalue weighted by Gasteiger charge is -2.04. The van der Waals surface area contributed by atoms with Gasteiger partial charge in [0, 0.05) is 19.5 Å². The molecule has 0 spiro atoms. The van der Waals surface area contributed by atoms with E-state index in [4.69, 9.17) is 14.0 Å². The predicted octanol–water partition coefficient (Wildman–Crippen LogP) is -0.219. The van der Waals surface area contributed by atoms with Crippen molar-refractivity contribution in [1.82, 2.24) is 15.5 Å². The van der Waals surface area contributed by atoms with Crippen LogP contribution in [0.3, 0.4) is 0 Å². The molecule has 17 heavy (non-hydrogen) atoms. The highest BCUT2D eigenvalue weighted by atomic mass is 16.6. The first kappa shape index (κ1) is 13.6. The summed E-state index contributed by atoms with van der Waals surface area (Å²) < 4.78 is 14.6. The third-order valence-electron chi connectivity index (χ3n) is 1.87. The van der Waals surface area contributed by atoms with Crippen LogP contribution in [0.15, 0.2) is 10.9 Å². The van der Waals surface area contributed by atoms with E-state index in [2.05, 4.69) is 15.5 Å². The van der Waals surface area contributed by atoms with Crippen molar-refractivity contribution in [2.24, 2.45) is 0 Å². The van der Waals surface area contributed by atoms with Gasteiger partial charge in [0.05, 0.1) is 13.2 Å². The van der Waals surface area contributed by atoms with E-state index in [-0.39, 0.29) is 12.6 Å². The molecule has 0 radical (unpaired) electrons. The van der Waals surface area contributed by atoms with Crippen LogP contribution in [0.1, 0.15) is 12.8 Å². The zero-order valence-corrected chi connectivity index (χ0v) is 9.85. The lowest BCUT2D eigenvalue weighted by Crippen LogP contribution is -2.24. The smallest absolute Gasteiger partial charge is 0.332 e. The van der Waals surface area contributed by atoms with Gasteiger partial charge in [-0.15, -0.1) is 0 Å². The minimum Gasteiger partial charge on any atom is -0.464 e. The van der Waals surface area contributed by atoms with Gasteiger partial charge in [0.2, 0.25) is 5.89 Å². The average Bonchev–Trinajstić information content (AvgIpc) is 2.81. The summed E-state index contributed by atoms with van der Waals surface area (Å²) >= 11 is 0. The number of esters is 1. The number of carbonyl (C=O) groups is 1. The Labute approximate surface area is 99.5 Å². The van der Waals surface area contributed by atoms with Crippen LogP contribution in [0.2, 0.25) is 0 Å². The molecule has 1 aromatic heterocycles. The molecule has 0 aliphatic heterocycles. The molecule has 0 fully saturated rings. The average molecular weight is 243 g/mol. The molecular formula is C10H17N3O4. The van der Waals surface area contributed by atoms with Crippen molar-refractivity contribution in [3.05, 3.63) is 12.2 Å².